The summed E-state index contributed by atoms with van der Waals surface area (Å²) in [6.07, 6.45) is 12.2. The van der Waals surface area contributed by atoms with Gasteiger partial charge in [0.25, 0.3) is 11.5 Å². The number of anilines is 1. The van der Waals surface area contributed by atoms with Crippen LogP contribution in [0.4, 0.5) is 5.82 Å². The number of aryl methyl sites for hydroxylation is 1. The zero-order valence-electron chi connectivity index (χ0n) is 20.3. The third-order valence-electron chi connectivity index (χ3n) is 6.75. The highest BCUT2D eigenvalue weighted by Gasteiger charge is 2.32. The van der Waals surface area contributed by atoms with Crippen molar-refractivity contribution in [3.8, 4) is 0 Å². The van der Waals surface area contributed by atoms with Gasteiger partial charge in [-0.25, -0.2) is 4.98 Å². The molecule has 0 unspecified atom stereocenters. The Morgan fingerprint density at radius 1 is 1.18 bits per heavy atom. The molecule has 0 atom stereocenters. The van der Waals surface area contributed by atoms with Crippen LogP contribution in [0.3, 0.4) is 0 Å². The fraction of sp³-hybridized carbons (Fsp3) is 0.538. The van der Waals surface area contributed by atoms with Gasteiger partial charge in [0.05, 0.1) is 10.5 Å². The number of unbranched alkanes of at least 4 members (excludes halogenated alkanes) is 3. The number of pyridine rings is 1. The first-order valence-electron chi connectivity index (χ1n) is 12.4. The van der Waals surface area contributed by atoms with Gasteiger partial charge in [0.15, 0.2) is 0 Å². The van der Waals surface area contributed by atoms with Crippen molar-refractivity contribution < 1.29 is 4.79 Å². The van der Waals surface area contributed by atoms with Gasteiger partial charge in [-0.05, 0) is 62.7 Å². The fourth-order valence-electron chi connectivity index (χ4n) is 4.62. The second-order valence-electron chi connectivity index (χ2n) is 9.61. The molecular weight excluding hydrogens is 464 g/mol. The Kier molecular flexibility index (Phi) is 8.09. The lowest BCUT2D eigenvalue weighted by molar-refractivity contribution is -0.122. The normalized spacial score (nSPS) is 22.2. The summed E-state index contributed by atoms with van der Waals surface area (Å²) in [5.74, 6) is 1.17. The Morgan fingerprint density at radius 3 is 2.68 bits per heavy atom. The van der Waals surface area contributed by atoms with Crippen molar-refractivity contribution in [1.29, 1.82) is 0 Å². The van der Waals surface area contributed by atoms with Crippen molar-refractivity contribution in [3.05, 3.63) is 44.7 Å². The average molecular weight is 499 g/mol. The monoisotopic (exact) mass is 498 g/mol. The van der Waals surface area contributed by atoms with Gasteiger partial charge >= 0.3 is 0 Å². The third kappa shape index (κ3) is 5.54. The molecule has 182 valence electrons. The molecule has 1 N–H and O–H groups in total. The Morgan fingerprint density at radius 2 is 1.94 bits per heavy atom. The zero-order chi connectivity index (χ0) is 24.2. The lowest BCUT2D eigenvalue weighted by Crippen LogP contribution is -2.30. The summed E-state index contributed by atoms with van der Waals surface area (Å²) < 4.78 is 2.13. The standard InChI is InChI=1S/C26H34N4O2S2/c1-4-5-6-7-14-29-25(32)21(34-26(29)33)15-20-23(27-19-11-8-17(2)9-12-19)28-22-13-10-18(3)16-30(22)24(20)31/h10,13,15-17,19,27H,4-9,11-12,14H2,1-3H3/b21-15+. The van der Waals surface area contributed by atoms with Crippen molar-refractivity contribution >= 4 is 51.7 Å². The van der Waals surface area contributed by atoms with Gasteiger partial charge in [-0.2, -0.15) is 0 Å². The second-order valence-corrected chi connectivity index (χ2v) is 11.3. The molecule has 1 amide bonds. The molecule has 0 spiro atoms. The van der Waals surface area contributed by atoms with E-state index in [1.165, 1.54) is 11.8 Å². The van der Waals surface area contributed by atoms with Crippen LogP contribution in [0.25, 0.3) is 11.7 Å². The molecule has 4 rings (SSSR count). The number of nitrogens with one attached hydrogen (secondary N) is 1. The van der Waals surface area contributed by atoms with E-state index in [-0.39, 0.29) is 17.5 Å². The minimum Gasteiger partial charge on any atom is -0.367 e. The average Bonchev–Trinajstić information content (AvgIpc) is 3.08. The van der Waals surface area contributed by atoms with Crippen LogP contribution in [0.15, 0.2) is 28.0 Å². The molecule has 1 aliphatic carbocycles. The number of hydrogen-bond donors (Lipinski definition) is 1. The summed E-state index contributed by atoms with van der Waals surface area (Å²) in [6.45, 7) is 7.03. The van der Waals surface area contributed by atoms with E-state index in [2.05, 4.69) is 19.2 Å². The predicted molar refractivity (Wildman–Crippen MR) is 145 cm³/mol. The number of rotatable bonds is 8. The highest BCUT2D eigenvalue weighted by Crippen LogP contribution is 2.34. The van der Waals surface area contributed by atoms with Crippen LogP contribution in [0.1, 0.15) is 76.3 Å². The molecule has 1 saturated heterocycles. The van der Waals surface area contributed by atoms with E-state index in [4.69, 9.17) is 17.2 Å². The number of hydrogen-bond acceptors (Lipinski definition) is 6. The SMILES string of the molecule is CCCCCCN1C(=O)/C(=C\c2c(NC3CCC(C)CC3)nc3ccc(C)cn3c2=O)SC1=S. The lowest BCUT2D eigenvalue weighted by atomic mass is 9.87. The quantitative estimate of drug-likeness (QED) is 0.283. The minimum atomic E-state index is -0.173. The number of carbonyl (C=O) groups is 1. The molecule has 2 aliphatic rings. The van der Waals surface area contributed by atoms with E-state index in [0.717, 1.165) is 62.8 Å². The first-order valence-corrected chi connectivity index (χ1v) is 13.6. The van der Waals surface area contributed by atoms with Crippen molar-refractivity contribution in [2.24, 2.45) is 5.92 Å². The molecule has 3 heterocycles. The van der Waals surface area contributed by atoms with E-state index in [1.54, 1.807) is 21.6 Å². The molecular formula is C26H34N4O2S2. The maximum absolute atomic E-state index is 13.6. The number of fused-ring (bicyclic) bond motifs is 1. The zero-order valence-corrected chi connectivity index (χ0v) is 21.9. The Hall–Kier alpha value is -2.19. The van der Waals surface area contributed by atoms with Gasteiger partial charge in [0.1, 0.15) is 15.8 Å². The van der Waals surface area contributed by atoms with E-state index >= 15 is 0 Å². The number of nitrogens with zero attached hydrogens (tertiary/aromatic N) is 3. The van der Waals surface area contributed by atoms with Gasteiger partial charge in [-0.1, -0.05) is 63.2 Å². The smallest absolute Gasteiger partial charge is 0.267 e. The maximum atomic E-state index is 13.6. The summed E-state index contributed by atoms with van der Waals surface area (Å²) in [5.41, 5.74) is 1.83. The summed E-state index contributed by atoms with van der Waals surface area (Å²) in [5, 5.41) is 3.54. The van der Waals surface area contributed by atoms with Crippen LogP contribution in [0.5, 0.6) is 0 Å². The van der Waals surface area contributed by atoms with Crippen LogP contribution in [0.2, 0.25) is 0 Å². The van der Waals surface area contributed by atoms with Crippen LogP contribution in [-0.4, -0.2) is 37.1 Å². The fourth-order valence-corrected chi connectivity index (χ4v) is 5.91. The Labute approximate surface area is 211 Å². The van der Waals surface area contributed by atoms with E-state index in [0.29, 0.717) is 32.8 Å². The first-order chi connectivity index (χ1) is 16.4. The number of thioether (sulfide) groups is 1. The first kappa shape index (κ1) is 24.9. The molecule has 2 aromatic rings. The van der Waals surface area contributed by atoms with Gasteiger partial charge in [-0.3, -0.25) is 18.9 Å². The highest BCUT2D eigenvalue weighted by atomic mass is 32.2. The van der Waals surface area contributed by atoms with Crippen LogP contribution >= 0.6 is 24.0 Å². The lowest BCUT2D eigenvalue weighted by Gasteiger charge is -2.27. The summed E-state index contributed by atoms with van der Waals surface area (Å²) in [4.78, 5) is 33.7. The number of aromatic nitrogens is 2. The molecule has 2 fully saturated rings. The van der Waals surface area contributed by atoms with Crippen molar-refractivity contribution in [3.63, 3.8) is 0 Å². The molecule has 34 heavy (non-hydrogen) atoms. The molecule has 0 aromatic carbocycles. The van der Waals surface area contributed by atoms with E-state index < -0.39 is 0 Å². The second kappa shape index (κ2) is 11.0. The van der Waals surface area contributed by atoms with Gasteiger partial charge in [0, 0.05) is 18.8 Å². The number of thiocarbonyl (C=S) groups is 1. The summed E-state index contributed by atoms with van der Waals surface area (Å²) in [7, 11) is 0. The van der Waals surface area contributed by atoms with Crippen LogP contribution in [-0.2, 0) is 4.79 Å². The highest BCUT2D eigenvalue weighted by molar-refractivity contribution is 8.26. The van der Waals surface area contributed by atoms with E-state index in [9.17, 15) is 9.59 Å². The summed E-state index contributed by atoms with van der Waals surface area (Å²) >= 11 is 6.78. The molecule has 6 nitrogen and oxygen atoms in total. The third-order valence-corrected chi connectivity index (χ3v) is 8.12. The Bertz CT molecular complexity index is 1170. The molecule has 2 aromatic heterocycles. The van der Waals surface area contributed by atoms with Crippen molar-refractivity contribution in [2.75, 3.05) is 11.9 Å². The molecule has 8 heteroatoms. The number of amides is 1. The topological polar surface area (TPSA) is 66.7 Å². The van der Waals surface area contributed by atoms with E-state index in [1.807, 2.05) is 19.1 Å². The minimum absolute atomic E-state index is 0.113. The molecule has 0 radical (unpaired) electrons. The van der Waals surface area contributed by atoms with Crippen molar-refractivity contribution in [2.45, 2.75) is 78.2 Å². The van der Waals surface area contributed by atoms with Crippen LogP contribution in [0, 0.1) is 12.8 Å². The van der Waals surface area contributed by atoms with Gasteiger partial charge in [-0.15, -0.1) is 0 Å². The van der Waals surface area contributed by atoms with Gasteiger partial charge in [0.2, 0.25) is 0 Å². The van der Waals surface area contributed by atoms with Gasteiger partial charge < -0.3 is 5.32 Å². The molecule has 0 bridgehead atoms. The maximum Gasteiger partial charge on any atom is 0.267 e. The molecule has 1 saturated carbocycles. The molecule has 1 aliphatic heterocycles. The predicted octanol–water partition coefficient (Wildman–Crippen LogP) is 5.78. The van der Waals surface area contributed by atoms with Crippen LogP contribution < -0.4 is 10.9 Å². The largest absolute Gasteiger partial charge is 0.367 e. The van der Waals surface area contributed by atoms with Crippen molar-refractivity contribution in [1.82, 2.24) is 14.3 Å². The number of carbonyl (C=O) groups excluding carboxylic acids is 1. The summed E-state index contributed by atoms with van der Waals surface area (Å²) in [6, 6.07) is 4.10. The Balaban J connectivity index is 1.68.